The molecule has 8 nitrogen and oxygen atoms in total. The molecule has 0 saturated heterocycles. The Morgan fingerprint density at radius 2 is 2.00 bits per heavy atom. The molecule has 0 aliphatic carbocycles. The number of likely N-dealkylation sites (N-methyl/N-ethyl adjacent to an activating group) is 1. The van der Waals surface area contributed by atoms with Crippen molar-refractivity contribution < 1.29 is 18.8 Å². The lowest BCUT2D eigenvalue weighted by atomic mass is 10.2. The normalized spacial score (nSPS) is 11.6. The molecule has 1 heterocycles. The Kier molecular flexibility index (Phi) is 9.04. The van der Waals surface area contributed by atoms with Crippen LogP contribution < -0.4 is 20.1 Å². The van der Waals surface area contributed by atoms with Crippen LogP contribution in [-0.4, -0.2) is 48.9 Å². The number of aromatic nitrogens is 2. The number of amides is 1. The fraction of sp³-hybridized carbons (Fsp3) is 0.500. The molecule has 0 radical (unpaired) electrons. The van der Waals surface area contributed by atoms with Crippen LogP contribution in [0.25, 0.3) is 11.5 Å². The van der Waals surface area contributed by atoms with Crippen molar-refractivity contribution in [3.05, 3.63) is 24.0 Å². The maximum absolute atomic E-state index is 11.7. The zero-order valence-electron chi connectivity index (χ0n) is 16.2. The van der Waals surface area contributed by atoms with Gasteiger partial charge >= 0.3 is 0 Å². The Hall–Kier alpha value is -2.32. The minimum atomic E-state index is -0.189. The van der Waals surface area contributed by atoms with Crippen LogP contribution in [0.1, 0.15) is 26.6 Å². The maximum atomic E-state index is 11.7. The molecule has 27 heavy (non-hydrogen) atoms. The van der Waals surface area contributed by atoms with E-state index in [4.69, 9.17) is 14.0 Å². The lowest BCUT2D eigenvalue weighted by molar-refractivity contribution is -0.123. The first-order chi connectivity index (χ1) is 12.4. The summed E-state index contributed by atoms with van der Waals surface area (Å²) in [4.78, 5) is 16.1. The molecule has 2 aromatic rings. The summed E-state index contributed by atoms with van der Waals surface area (Å²) in [6.07, 6.45) is 0.670. The second kappa shape index (κ2) is 10.7. The van der Waals surface area contributed by atoms with Crippen LogP contribution in [0.15, 0.2) is 22.7 Å². The van der Waals surface area contributed by atoms with Gasteiger partial charge in [0.1, 0.15) is 0 Å². The molecule has 1 aromatic heterocycles. The number of carbonyl (C=O) groups is 1. The quantitative estimate of drug-likeness (QED) is 0.668. The number of benzene rings is 1. The van der Waals surface area contributed by atoms with Crippen molar-refractivity contribution in [2.45, 2.75) is 39.3 Å². The SMILES string of the molecule is CNC(C)Cc1noc(-c2ccc(OCC(=O)NC(C)C)c(OC)c2)n1.Cl. The predicted molar refractivity (Wildman–Crippen MR) is 105 cm³/mol. The third-order valence-electron chi connectivity index (χ3n) is 3.67. The number of halogens is 1. The van der Waals surface area contributed by atoms with Crippen molar-refractivity contribution in [1.29, 1.82) is 0 Å². The zero-order chi connectivity index (χ0) is 19.1. The smallest absolute Gasteiger partial charge is 0.258 e. The molecule has 1 aromatic carbocycles. The largest absolute Gasteiger partial charge is 0.493 e. The van der Waals surface area contributed by atoms with Crippen molar-refractivity contribution in [3.8, 4) is 23.0 Å². The van der Waals surface area contributed by atoms with Gasteiger partial charge in [0.15, 0.2) is 23.9 Å². The van der Waals surface area contributed by atoms with E-state index in [1.165, 1.54) is 7.11 Å². The van der Waals surface area contributed by atoms with E-state index in [1.807, 2.05) is 27.8 Å². The first-order valence-corrected chi connectivity index (χ1v) is 8.53. The van der Waals surface area contributed by atoms with Crippen molar-refractivity contribution in [1.82, 2.24) is 20.8 Å². The minimum Gasteiger partial charge on any atom is -0.493 e. The van der Waals surface area contributed by atoms with Gasteiger partial charge in [-0.2, -0.15) is 4.98 Å². The van der Waals surface area contributed by atoms with Crippen LogP contribution in [0.5, 0.6) is 11.5 Å². The number of nitrogens with zero attached hydrogens (tertiary/aromatic N) is 2. The molecule has 2 rings (SSSR count). The van der Waals surface area contributed by atoms with Gasteiger partial charge in [-0.15, -0.1) is 12.4 Å². The third-order valence-corrected chi connectivity index (χ3v) is 3.67. The molecule has 9 heteroatoms. The summed E-state index contributed by atoms with van der Waals surface area (Å²) in [5.41, 5.74) is 0.719. The number of ether oxygens (including phenoxy) is 2. The molecule has 1 atom stereocenters. The van der Waals surface area contributed by atoms with E-state index < -0.39 is 0 Å². The van der Waals surface area contributed by atoms with E-state index in [2.05, 4.69) is 20.8 Å². The fourth-order valence-corrected chi connectivity index (χ4v) is 2.26. The standard InChI is InChI=1S/C18H26N4O4.ClH/c1-11(2)20-17(23)10-25-14-7-6-13(9-15(14)24-5)18-21-16(22-26-18)8-12(3)19-4;/h6-7,9,11-12,19H,8,10H2,1-5H3,(H,20,23);1H. The van der Waals surface area contributed by atoms with Crippen LogP contribution >= 0.6 is 12.4 Å². The van der Waals surface area contributed by atoms with E-state index in [0.29, 0.717) is 29.6 Å². The highest BCUT2D eigenvalue weighted by atomic mass is 35.5. The minimum absolute atomic E-state index is 0. The van der Waals surface area contributed by atoms with Gasteiger partial charge in [-0.1, -0.05) is 5.16 Å². The lowest BCUT2D eigenvalue weighted by Crippen LogP contribution is -2.34. The number of nitrogens with one attached hydrogen (secondary N) is 2. The molecule has 0 fully saturated rings. The number of hydrogen-bond acceptors (Lipinski definition) is 7. The molecule has 0 bridgehead atoms. The van der Waals surface area contributed by atoms with Gasteiger partial charge in [-0.05, 0) is 46.0 Å². The number of carbonyl (C=O) groups excluding carboxylic acids is 1. The first kappa shape index (κ1) is 22.7. The van der Waals surface area contributed by atoms with Crippen molar-refractivity contribution in [2.24, 2.45) is 0 Å². The van der Waals surface area contributed by atoms with E-state index in [-0.39, 0.29) is 37.0 Å². The fourth-order valence-electron chi connectivity index (χ4n) is 2.26. The van der Waals surface area contributed by atoms with Gasteiger partial charge < -0.3 is 24.6 Å². The summed E-state index contributed by atoms with van der Waals surface area (Å²) in [6, 6.07) is 5.57. The summed E-state index contributed by atoms with van der Waals surface area (Å²) in [5, 5.41) is 9.89. The molecule has 2 N–H and O–H groups in total. The average molecular weight is 399 g/mol. The average Bonchev–Trinajstić information content (AvgIpc) is 3.07. The Morgan fingerprint density at radius 1 is 1.26 bits per heavy atom. The Balaban J connectivity index is 0.00000364. The van der Waals surface area contributed by atoms with Crippen LogP contribution in [0, 0.1) is 0 Å². The lowest BCUT2D eigenvalue weighted by Gasteiger charge is -2.12. The van der Waals surface area contributed by atoms with Gasteiger partial charge in [-0.3, -0.25) is 4.79 Å². The van der Waals surface area contributed by atoms with Gasteiger partial charge in [0.25, 0.3) is 11.8 Å². The van der Waals surface area contributed by atoms with Crippen molar-refractivity contribution in [2.75, 3.05) is 20.8 Å². The number of hydrogen-bond donors (Lipinski definition) is 2. The number of rotatable bonds is 9. The molecule has 1 amide bonds. The van der Waals surface area contributed by atoms with E-state index in [9.17, 15) is 4.79 Å². The molecule has 1 unspecified atom stereocenters. The van der Waals surface area contributed by atoms with Gasteiger partial charge in [0, 0.05) is 24.1 Å². The van der Waals surface area contributed by atoms with Crippen molar-refractivity contribution >= 4 is 18.3 Å². The molecular formula is C18H27ClN4O4. The van der Waals surface area contributed by atoms with E-state index in [0.717, 1.165) is 5.56 Å². The molecule has 0 aliphatic heterocycles. The highest BCUT2D eigenvalue weighted by Gasteiger charge is 2.15. The molecule has 0 spiro atoms. The third kappa shape index (κ3) is 6.73. The van der Waals surface area contributed by atoms with E-state index in [1.54, 1.807) is 18.2 Å². The molecular weight excluding hydrogens is 372 g/mol. The maximum Gasteiger partial charge on any atom is 0.258 e. The second-order valence-electron chi connectivity index (χ2n) is 6.29. The summed E-state index contributed by atoms with van der Waals surface area (Å²) in [6.45, 7) is 5.74. The van der Waals surface area contributed by atoms with Crippen LogP contribution in [0.3, 0.4) is 0 Å². The first-order valence-electron chi connectivity index (χ1n) is 8.53. The summed E-state index contributed by atoms with van der Waals surface area (Å²) in [5.74, 6) is 1.81. The summed E-state index contributed by atoms with van der Waals surface area (Å²) in [7, 11) is 3.42. The van der Waals surface area contributed by atoms with E-state index >= 15 is 0 Å². The zero-order valence-corrected chi connectivity index (χ0v) is 17.1. The predicted octanol–water partition coefficient (Wildman–Crippen LogP) is 2.22. The van der Waals surface area contributed by atoms with Gasteiger partial charge in [-0.25, -0.2) is 0 Å². The Bertz CT molecular complexity index is 736. The molecule has 0 aliphatic rings. The van der Waals surface area contributed by atoms with Crippen LogP contribution in [-0.2, 0) is 11.2 Å². The monoisotopic (exact) mass is 398 g/mol. The second-order valence-corrected chi connectivity index (χ2v) is 6.29. The van der Waals surface area contributed by atoms with Crippen LogP contribution in [0.4, 0.5) is 0 Å². The number of methoxy groups -OCH3 is 1. The molecule has 150 valence electrons. The van der Waals surface area contributed by atoms with Crippen molar-refractivity contribution in [3.63, 3.8) is 0 Å². The van der Waals surface area contributed by atoms with Crippen LogP contribution in [0.2, 0.25) is 0 Å². The Labute approximate surface area is 165 Å². The summed E-state index contributed by atoms with van der Waals surface area (Å²) >= 11 is 0. The van der Waals surface area contributed by atoms with Gasteiger partial charge in [0.2, 0.25) is 0 Å². The molecule has 0 saturated carbocycles. The topological polar surface area (TPSA) is 98.5 Å². The highest BCUT2D eigenvalue weighted by Crippen LogP contribution is 2.32. The summed E-state index contributed by atoms with van der Waals surface area (Å²) < 4.78 is 16.2. The Morgan fingerprint density at radius 3 is 2.63 bits per heavy atom. The highest BCUT2D eigenvalue weighted by molar-refractivity contribution is 5.85. The van der Waals surface area contributed by atoms with Gasteiger partial charge in [0.05, 0.1) is 7.11 Å².